The summed E-state index contributed by atoms with van der Waals surface area (Å²) in [6, 6.07) is 7.17. The Hall–Kier alpha value is -4.09. The minimum atomic E-state index is -3.28. The van der Waals surface area contributed by atoms with Crippen molar-refractivity contribution in [3.05, 3.63) is 72.1 Å². The first kappa shape index (κ1) is 28.4. The summed E-state index contributed by atoms with van der Waals surface area (Å²) < 4.78 is 50.1. The Kier molecular flexibility index (Phi) is 7.43. The number of likely N-dealkylation sites (tertiary alicyclic amines) is 2. The van der Waals surface area contributed by atoms with Crippen molar-refractivity contribution in [1.29, 1.82) is 0 Å². The van der Waals surface area contributed by atoms with E-state index >= 15 is 0 Å². The van der Waals surface area contributed by atoms with Crippen LogP contribution in [0, 0.1) is 5.82 Å². The molecular weight excluding hydrogens is 539 g/mol. The molecule has 1 N–H and O–H groups in total. The minimum Gasteiger partial charge on any atom is -0.444 e. The normalized spacial score (nSPS) is 22.5. The van der Waals surface area contributed by atoms with Gasteiger partial charge in [0.1, 0.15) is 17.5 Å². The zero-order valence-corrected chi connectivity index (χ0v) is 23.0. The fourth-order valence-corrected chi connectivity index (χ4v) is 5.56. The molecule has 41 heavy (non-hydrogen) atoms. The van der Waals surface area contributed by atoms with Crippen LogP contribution in [-0.4, -0.2) is 80.3 Å². The summed E-state index contributed by atoms with van der Waals surface area (Å²) in [7, 11) is 0. The Morgan fingerprint density at radius 3 is 2.66 bits per heavy atom. The second-order valence-corrected chi connectivity index (χ2v) is 11.6. The van der Waals surface area contributed by atoms with Gasteiger partial charge in [-0.3, -0.25) is 14.5 Å². The summed E-state index contributed by atoms with van der Waals surface area (Å²) in [4.78, 5) is 46.3. The van der Waals surface area contributed by atoms with Crippen molar-refractivity contribution >= 4 is 23.4 Å². The topological polar surface area (TPSA) is 96.2 Å². The van der Waals surface area contributed by atoms with E-state index in [1.165, 1.54) is 12.1 Å². The zero-order chi connectivity index (χ0) is 29.5. The molecule has 3 aromatic rings. The SMILES string of the molecule is CC(C)(C)OC(=O)N1CC(F)(F)C[C@@H]1C(=O)N[C@@H]1CN(C(=O)c2cccn3cncc23)CC[C@H]1c1cccc(F)c1. The molecule has 2 aliphatic rings. The maximum atomic E-state index is 14.5. The number of alkyl halides is 2. The number of benzene rings is 1. The second kappa shape index (κ2) is 10.7. The standard InChI is InChI=1S/C29H32F3N5O4/c1-28(2,3)41-27(40)37-16-29(31,32)13-23(37)25(38)34-22-15-35(11-9-20(22)18-6-4-7-19(30)12-18)26(39)21-8-5-10-36-17-33-14-24(21)36/h4-8,10,12,14,17,20,22-23H,9,11,13,15-16H2,1-3H3,(H,34,38)/t20-,22+,23+/m0/s1. The van der Waals surface area contributed by atoms with Crippen LogP contribution in [0.1, 0.15) is 55.5 Å². The number of pyridine rings is 1. The molecule has 0 spiro atoms. The van der Waals surface area contributed by atoms with E-state index in [4.69, 9.17) is 4.74 Å². The highest BCUT2D eigenvalue weighted by Gasteiger charge is 2.51. The molecule has 9 nitrogen and oxygen atoms in total. The predicted octanol–water partition coefficient (Wildman–Crippen LogP) is 4.23. The molecule has 2 saturated heterocycles. The zero-order valence-electron chi connectivity index (χ0n) is 23.0. The molecule has 2 fully saturated rings. The number of fused-ring (bicyclic) bond motifs is 1. The van der Waals surface area contributed by atoms with Crippen LogP contribution >= 0.6 is 0 Å². The highest BCUT2D eigenvalue weighted by Crippen LogP contribution is 2.35. The van der Waals surface area contributed by atoms with Gasteiger partial charge in [0, 0.05) is 31.6 Å². The Morgan fingerprint density at radius 2 is 1.93 bits per heavy atom. The molecule has 1 aromatic carbocycles. The highest BCUT2D eigenvalue weighted by atomic mass is 19.3. The van der Waals surface area contributed by atoms with E-state index in [9.17, 15) is 27.6 Å². The maximum Gasteiger partial charge on any atom is 0.411 e. The Balaban J connectivity index is 1.41. The van der Waals surface area contributed by atoms with Crippen molar-refractivity contribution in [3.8, 4) is 0 Å². The monoisotopic (exact) mass is 571 g/mol. The van der Waals surface area contributed by atoms with Crippen LogP contribution in [0.15, 0.2) is 55.1 Å². The average molecular weight is 572 g/mol. The number of nitrogens with zero attached hydrogens (tertiary/aromatic N) is 4. The molecular formula is C29H32F3N5O4. The summed E-state index contributed by atoms with van der Waals surface area (Å²) in [5.74, 6) is -5.20. The quantitative estimate of drug-likeness (QED) is 0.506. The first-order valence-corrected chi connectivity index (χ1v) is 13.4. The number of amides is 3. The van der Waals surface area contributed by atoms with Crippen molar-refractivity contribution in [3.63, 3.8) is 0 Å². The van der Waals surface area contributed by atoms with Crippen LogP contribution in [0.25, 0.3) is 5.52 Å². The number of carbonyl (C=O) groups excluding carboxylic acids is 3. The molecule has 2 aliphatic heterocycles. The van der Waals surface area contributed by atoms with E-state index in [1.54, 1.807) is 73.1 Å². The lowest BCUT2D eigenvalue weighted by Crippen LogP contribution is -2.57. The van der Waals surface area contributed by atoms with Crippen LogP contribution in [-0.2, 0) is 9.53 Å². The van der Waals surface area contributed by atoms with Crippen LogP contribution in [0.5, 0.6) is 0 Å². The van der Waals surface area contributed by atoms with E-state index < -0.39 is 60.3 Å². The molecule has 0 aliphatic carbocycles. The van der Waals surface area contributed by atoms with Gasteiger partial charge in [-0.2, -0.15) is 0 Å². The summed E-state index contributed by atoms with van der Waals surface area (Å²) in [5.41, 5.74) is 0.708. The van der Waals surface area contributed by atoms with Crippen LogP contribution in [0.4, 0.5) is 18.0 Å². The van der Waals surface area contributed by atoms with Crippen molar-refractivity contribution in [1.82, 2.24) is 24.5 Å². The largest absolute Gasteiger partial charge is 0.444 e. The van der Waals surface area contributed by atoms with Crippen molar-refractivity contribution in [2.45, 2.75) is 63.1 Å². The fraction of sp³-hybridized carbons (Fsp3) is 0.448. The van der Waals surface area contributed by atoms with E-state index in [0.717, 1.165) is 4.90 Å². The number of hydrogen-bond donors (Lipinski definition) is 1. The molecule has 3 atom stereocenters. The lowest BCUT2D eigenvalue weighted by atomic mass is 9.84. The molecule has 0 unspecified atom stereocenters. The van der Waals surface area contributed by atoms with Crippen molar-refractivity contribution in [2.75, 3.05) is 19.6 Å². The third-order valence-electron chi connectivity index (χ3n) is 7.39. The second-order valence-electron chi connectivity index (χ2n) is 11.6. The fourth-order valence-electron chi connectivity index (χ4n) is 5.56. The number of ether oxygens (including phenoxy) is 1. The molecule has 4 heterocycles. The van der Waals surface area contributed by atoms with Crippen molar-refractivity contribution in [2.24, 2.45) is 0 Å². The number of aromatic nitrogens is 2. The predicted molar refractivity (Wildman–Crippen MR) is 143 cm³/mol. The third kappa shape index (κ3) is 6.15. The summed E-state index contributed by atoms with van der Waals surface area (Å²) >= 11 is 0. The molecule has 0 saturated carbocycles. The van der Waals surface area contributed by atoms with E-state index in [2.05, 4.69) is 10.3 Å². The van der Waals surface area contributed by atoms with Crippen LogP contribution < -0.4 is 5.32 Å². The van der Waals surface area contributed by atoms with Gasteiger partial charge in [0.15, 0.2) is 0 Å². The summed E-state index contributed by atoms with van der Waals surface area (Å²) in [6.45, 7) is 4.25. The lowest BCUT2D eigenvalue weighted by Gasteiger charge is -2.40. The lowest BCUT2D eigenvalue weighted by molar-refractivity contribution is -0.127. The summed E-state index contributed by atoms with van der Waals surface area (Å²) in [5, 5.41) is 2.83. The van der Waals surface area contributed by atoms with Gasteiger partial charge in [0.25, 0.3) is 11.8 Å². The number of carbonyl (C=O) groups is 3. The van der Waals surface area contributed by atoms with Gasteiger partial charge in [-0.05, 0) is 57.0 Å². The average Bonchev–Trinajstić information content (AvgIpc) is 3.51. The van der Waals surface area contributed by atoms with Crippen molar-refractivity contribution < 1.29 is 32.3 Å². The van der Waals surface area contributed by atoms with Gasteiger partial charge in [-0.1, -0.05) is 12.1 Å². The molecule has 0 radical (unpaired) electrons. The number of piperidine rings is 1. The molecule has 5 rings (SSSR count). The van der Waals surface area contributed by atoms with Gasteiger partial charge in [0.2, 0.25) is 5.91 Å². The minimum absolute atomic E-state index is 0.0521. The first-order valence-electron chi connectivity index (χ1n) is 13.4. The highest BCUT2D eigenvalue weighted by molar-refractivity contribution is 6.00. The van der Waals surface area contributed by atoms with E-state index in [-0.39, 0.29) is 12.5 Å². The Morgan fingerprint density at radius 1 is 1.15 bits per heavy atom. The number of imidazole rings is 1. The van der Waals surface area contributed by atoms with Gasteiger partial charge in [-0.25, -0.2) is 22.9 Å². The number of hydrogen-bond acceptors (Lipinski definition) is 5. The molecule has 0 bridgehead atoms. The van der Waals surface area contributed by atoms with Gasteiger partial charge < -0.3 is 19.4 Å². The first-order chi connectivity index (χ1) is 19.3. The smallest absolute Gasteiger partial charge is 0.411 e. The maximum absolute atomic E-state index is 14.5. The Labute approximate surface area is 235 Å². The number of rotatable bonds is 4. The molecule has 3 amide bonds. The molecule has 2 aromatic heterocycles. The third-order valence-corrected chi connectivity index (χ3v) is 7.39. The van der Waals surface area contributed by atoms with Crippen LogP contribution in [0.2, 0.25) is 0 Å². The van der Waals surface area contributed by atoms with Gasteiger partial charge >= 0.3 is 6.09 Å². The number of halogens is 3. The van der Waals surface area contributed by atoms with E-state index in [1.807, 2.05) is 0 Å². The van der Waals surface area contributed by atoms with E-state index in [0.29, 0.717) is 29.6 Å². The summed E-state index contributed by atoms with van der Waals surface area (Å²) in [6.07, 6.45) is 3.45. The van der Waals surface area contributed by atoms with Gasteiger partial charge in [0.05, 0.1) is 36.2 Å². The molecule has 12 heteroatoms. The van der Waals surface area contributed by atoms with Crippen LogP contribution in [0.3, 0.4) is 0 Å². The molecule has 218 valence electrons. The number of nitrogens with one attached hydrogen (secondary N) is 1. The van der Waals surface area contributed by atoms with Gasteiger partial charge in [-0.15, -0.1) is 0 Å². The Bertz CT molecular complexity index is 1470.